The average Bonchev–Trinajstić information content (AvgIpc) is 2.92. The van der Waals surface area contributed by atoms with Crippen LogP contribution >= 0.6 is 58.5 Å². The highest BCUT2D eigenvalue weighted by Gasteiger charge is 2.54. The number of carboxylic acids is 1. The predicted octanol–water partition coefficient (Wildman–Crippen LogP) is 1.37. The summed E-state index contributed by atoms with van der Waals surface area (Å²) in [5, 5.41) is 15.3. The summed E-state index contributed by atoms with van der Waals surface area (Å²) in [4.78, 5) is 56.1. The Labute approximate surface area is 252 Å². The first-order valence-corrected chi connectivity index (χ1v) is 15.7. The van der Waals surface area contributed by atoms with Crippen LogP contribution in [0.2, 0.25) is 10.3 Å². The number of amides is 3. The summed E-state index contributed by atoms with van der Waals surface area (Å²) in [5.74, 6) is -1.35. The third kappa shape index (κ3) is 7.62. The van der Waals surface area contributed by atoms with Crippen molar-refractivity contribution in [1.82, 2.24) is 20.5 Å². The molecule has 2 aliphatic rings. The van der Waals surface area contributed by atoms with Crippen molar-refractivity contribution in [2.45, 2.75) is 27.8 Å². The zero-order valence-corrected chi connectivity index (χ0v) is 24.8. The molecule has 11 nitrogen and oxygen atoms in total. The van der Waals surface area contributed by atoms with Crippen molar-refractivity contribution in [2.24, 2.45) is 5.73 Å². The van der Waals surface area contributed by atoms with Gasteiger partial charge in [0.25, 0.3) is 11.8 Å². The van der Waals surface area contributed by atoms with Gasteiger partial charge >= 0.3 is 5.97 Å². The fraction of sp³-hybridized carbons (Fsp3) is 0.333. The lowest BCUT2D eigenvalue weighted by Gasteiger charge is -2.49. The molecule has 0 spiro atoms. The van der Waals surface area contributed by atoms with Crippen molar-refractivity contribution in [3.05, 3.63) is 58.2 Å². The summed E-state index contributed by atoms with van der Waals surface area (Å²) in [7, 11) is 0. The normalized spacial score (nSPS) is 18.2. The van der Waals surface area contributed by atoms with Crippen LogP contribution in [-0.2, 0) is 25.7 Å². The smallest absolute Gasteiger partial charge is 0.352 e. The van der Waals surface area contributed by atoms with Gasteiger partial charge in [-0.3, -0.25) is 19.3 Å². The minimum atomic E-state index is -1.18. The number of fused-ring (bicyclic) bond motifs is 1. The zero-order chi connectivity index (χ0) is 28.8. The second-order valence-corrected chi connectivity index (χ2v) is 12.6. The number of nitrogens with zero attached hydrogens (tertiary/aromatic N) is 3. The van der Waals surface area contributed by atoms with Gasteiger partial charge in [-0.25, -0.2) is 9.78 Å². The molecule has 2 atom stereocenters. The fourth-order valence-corrected chi connectivity index (χ4v) is 7.66. The molecule has 0 unspecified atom stereocenters. The summed E-state index contributed by atoms with van der Waals surface area (Å²) in [6.45, 7) is 0.948. The van der Waals surface area contributed by atoms with E-state index in [9.17, 15) is 24.3 Å². The monoisotopic (exact) mass is 643 g/mol. The van der Waals surface area contributed by atoms with Gasteiger partial charge in [-0.05, 0) is 17.7 Å². The predicted molar refractivity (Wildman–Crippen MR) is 154 cm³/mol. The maximum Gasteiger partial charge on any atom is 0.352 e. The summed E-state index contributed by atoms with van der Waals surface area (Å²) >= 11 is 15.8. The molecule has 4 rings (SSSR count). The number of hydrogen-bond acceptors (Lipinski definition) is 9. The summed E-state index contributed by atoms with van der Waals surface area (Å²) in [6.07, 6.45) is 3.54. The van der Waals surface area contributed by atoms with Gasteiger partial charge in [0.1, 0.15) is 27.4 Å². The van der Waals surface area contributed by atoms with Crippen LogP contribution in [0.1, 0.15) is 0 Å². The van der Waals surface area contributed by atoms with Crippen molar-refractivity contribution in [3.63, 3.8) is 0 Å². The van der Waals surface area contributed by atoms with Crippen molar-refractivity contribution in [1.29, 1.82) is 0 Å². The third-order valence-electron chi connectivity index (χ3n) is 5.74. The second-order valence-electron chi connectivity index (χ2n) is 8.58. The number of halogens is 2. The average molecular weight is 645 g/mol. The van der Waals surface area contributed by atoms with E-state index < -0.39 is 23.3 Å². The van der Waals surface area contributed by atoms with Crippen molar-refractivity contribution >= 4 is 82.2 Å². The number of aliphatic carboxylic acids is 1. The van der Waals surface area contributed by atoms with Gasteiger partial charge in [0, 0.05) is 46.5 Å². The van der Waals surface area contributed by atoms with Gasteiger partial charge in [-0.15, -0.1) is 35.3 Å². The molecule has 3 amide bonds. The Morgan fingerprint density at radius 2 is 1.85 bits per heavy atom. The quantitative estimate of drug-likeness (QED) is 0.115. The van der Waals surface area contributed by atoms with E-state index in [1.54, 1.807) is 29.1 Å². The van der Waals surface area contributed by atoms with Crippen LogP contribution in [0.5, 0.6) is 0 Å². The van der Waals surface area contributed by atoms with Gasteiger partial charge in [0.15, 0.2) is 12.4 Å². The van der Waals surface area contributed by atoms with E-state index in [-0.39, 0.29) is 40.1 Å². The van der Waals surface area contributed by atoms with E-state index in [4.69, 9.17) is 28.9 Å². The molecule has 4 heterocycles. The Hall–Kier alpha value is -2.49. The van der Waals surface area contributed by atoms with Crippen LogP contribution in [0.25, 0.3) is 0 Å². The van der Waals surface area contributed by atoms with Crippen molar-refractivity contribution in [3.8, 4) is 0 Å². The molecule has 5 N–H and O–H groups in total. The SMILES string of the molecule is NCCNC(=O)C[n+]1ccc(SCC2=C(C(=O)O)N3C(=O)[C@H](NC(=O)CSc4cc(Cl)nc(Cl)c4)[C@H]3SC2)cc1. The summed E-state index contributed by atoms with van der Waals surface area (Å²) in [6, 6.07) is 6.04. The van der Waals surface area contributed by atoms with E-state index in [0.29, 0.717) is 35.1 Å². The van der Waals surface area contributed by atoms with E-state index in [1.165, 1.54) is 40.2 Å². The Balaban J connectivity index is 1.33. The van der Waals surface area contributed by atoms with E-state index in [0.717, 1.165) is 4.90 Å². The number of nitrogens with one attached hydrogen (secondary N) is 2. The molecule has 212 valence electrons. The third-order valence-corrected chi connectivity index (χ3v) is 9.54. The first kappa shape index (κ1) is 30.5. The van der Waals surface area contributed by atoms with Crippen LogP contribution in [-0.4, -0.2) is 80.4 Å². The molecular formula is C24H25Cl2N6O5S3+. The van der Waals surface area contributed by atoms with Crippen LogP contribution in [0.4, 0.5) is 0 Å². The molecular weight excluding hydrogens is 619 g/mol. The van der Waals surface area contributed by atoms with E-state index in [1.807, 2.05) is 12.1 Å². The number of nitrogens with two attached hydrogens (primary N) is 1. The first-order chi connectivity index (χ1) is 19.2. The van der Waals surface area contributed by atoms with Crippen molar-refractivity contribution in [2.75, 3.05) is 30.3 Å². The first-order valence-electron chi connectivity index (χ1n) is 11.9. The van der Waals surface area contributed by atoms with Crippen LogP contribution in [0, 0.1) is 0 Å². The molecule has 2 aromatic rings. The summed E-state index contributed by atoms with van der Waals surface area (Å²) < 4.78 is 1.73. The van der Waals surface area contributed by atoms with Gasteiger partial charge < -0.3 is 21.5 Å². The van der Waals surface area contributed by atoms with Gasteiger partial charge in [-0.1, -0.05) is 23.2 Å². The largest absolute Gasteiger partial charge is 0.477 e. The molecule has 0 radical (unpaired) electrons. The highest BCUT2D eigenvalue weighted by Crippen LogP contribution is 2.41. The number of carbonyl (C=O) groups excluding carboxylic acids is 3. The Kier molecular flexibility index (Phi) is 10.6. The molecule has 0 aliphatic carbocycles. The standard InChI is InChI=1S/C24H24Cl2N6O5S3/c25-16-7-15(8-17(26)29-16)39-12-19(34)30-20-22(35)32-21(24(36)37)13(11-40-23(20)32)10-38-14-1-5-31(6-2-14)9-18(33)28-4-3-27/h1-2,5-8,20,23H,3-4,9-12,27H2,(H2-,28,30,33,34,36,37)/p+1/t20-,23+/m0/s1. The highest BCUT2D eigenvalue weighted by molar-refractivity contribution is 8.01. The van der Waals surface area contributed by atoms with E-state index in [2.05, 4.69) is 15.6 Å². The maximum absolute atomic E-state index is 12.9. The van der Waals surface area contributed by atoms with Crippen molar-refractivity contribution < 1.29 is 28.9 Å². The minimum absolute atomic E-state index is 0.0246. The number of carboxylic acid groups (broad SMARTS) is 1. The molecule has 2 aliphatic heterocycles. The number of thioether (sulfide) groups is 3. The number of pyridine rings is 2. The van der Waals surface area contributed by atoms with Crippen LogP contribution in [0.15, 0.2) is 57.7 Å². The molecule has 1 fully saturated rings. The number of carbonyl (C=O) groups is 4. The Morgan fingerprint density at radius 3 is 2.50 bits per heavy atom. The zero-order valence-electron chi connectivity index (χ0n) is 20.8. The Bertz CT molecular complexity index is 1330. The number of β-lactam (4-membered cyclic amide) rings is 1. The van der Waals surface area contributed by atoms with Crippen LogP contribution < -0.4 is 20.9 Å². The lowest BCUT2D eigenvalue weighted by molar-refractivity contribution is -0.684. The molecule has 1 saturated heterocycles. The highest BCUT2D eigenvalue weighted by atomic mass is 35.5. The second kappa shape index (κ2) is 13.9. The minimum Gasteiger partial charge on any atom is -0.477 e. The molecule has 0 saturated carbocycles. The molecule has 16 heteroatoms. The number of hydrogen-bond donors (Lipinski definition) is 4. The number of aromatic nitrogens is 2. The Morgan fingerprint density at radius 1 is 1.15 bits per heavy atom. The van der Waals surface area contributed by atoms with Gasteiger partial charge in [-0.2, -0.15) is 4.57 Å². The van der Waals surface area contributed by atoms with E-state index >= 15 is 0 Å². The lowest BCUT2D eigenvalue weighted by atomic mass is 10.0. The maximum atomic E-state index is 12.9. The molecule has 2 aromatic heterocycles. The molecule has 0 aromatic carbocycles. The molecule has 40 heavy (non-hydrogen) atoms. The summed E-state index contributed by atoms with van der Waals surface area (Å²) in [5.41, 5.74) is 5.97. The lowest BCUT2D eigenvalue weighted by Crippen LogP contribution is -2.70. The van der Waals surface area contributed by atoms with Gasteiger partial charge in [0.05, 0.1) is 5.75 Å². The molecule has 0 bridgehead atoms. The van der Waals surface area contributed by atoms with Crippen LogP contribution in [0.3, 0.4) is 0 Å². The van der Waals surface area contributed by atoms with Gasteiger partial charge in [0.2, 0.25) is 12.5 Å². The topological polar surface area (TPSA) is 159 Å². The fourth-order valence-electron chi connectivity index (χ4n) is 3.93. The number of rotatable bonds is 12.